The zero-order chi connectivity index (χ0) is 17.2. The van der Waals surface area contributed by atoms with E-state index in [1.165, 1.54) is 11.8 Å². The lowest BCUT2D eigenvalue weighted by molar-refractivity contribution is 0.0941. The zero-order valence-corrected chi connectivity index (χ0v) is 14.8. The molecule has 1 aromatic carbocycles. The molecule has 1 aliphatic heterocycles. The SMILES string of the molecule is Cc1nc2ccccc2nc1CSc1n[nH]c(=O)n1CC1CCCO1. The number of fused-ring (bicyclic) bond motifs is 1. The van der Waals surface area contributed by atoms with E-state index in [2.05, 4.69) is 15.2 Å². The maximum Gasteiger partial charge on any atom is 0.344 e. The molecule has 3 heterocycles. The van der Waals surface area contributed by atoms with Gasteiger partial charge in [0.2, 0.25) is 0 Å². The van der Waals surface area contributed by atoms with Gasteiger partial charge in [-0.2, -0.15) is 0 Å². The predicted molar refractivity (Wildman–Crippen MR) is 95.7 cm³/mol. The summed E-state index contributed by atoms with van der Waals surface area (Å²) in [6.45, 7) is 3.27. The van der Waals surface area contributed by atoms with Crippen molar-refractivity contribution in [1.82, 2.24) is 24.7 Å². The Morgan fingerprint density at radius 1 is 1.32 bits per heavy atom. The van der Waals surface area contributed by atoms with Crippen molar-refractivity contribution in [2.24, 2.45) is 0 Å². The zero-order valence-electron chi connectivity index (χ0n) is 13.9. The van der Waals surface area contributed by atoms with Gasteiger partial charge in [0.25, 0.3) is 0 Å². The quantitative estimate of drug-likeness (QED) is 0.705. The highest BCUT2D eigenvalue weighted by Gasteiger charge is 2.20. The van der Waals surface area contributed by atoms with E-state index in [0.717, 1.165) is 41.9 Å². The number of aromatic amines is 1. The second-order valence-corrected chi connectivity index (χ2v) is 7.03. The van der Waals surface area contributed by atoms with E-state index in [1.807, 2.05) is 31.2 Å². The number of nitrogens with zero attached hydrogens (tertiary/aromatic N) is 4. The molecule has 7 nitrogen and oxygen atoms in total. The highest BCUT2D eigenvalue weighted by atomic mass is 32.2. The van der Waals surface area contributed by atoms with Crippen LogP contribution in [0.2, 0.25) is 0 Å². The van der Waals surface area contributed by atoms with Gasteiger partial charge >= 0.3 is 5.69 Å². The molecule has 130 valence electrons. The van der Waals surface area contributed by atoms with Gasteiger partial charge in [-0.15, -0.1) is 5.10 Å². The van der Waals surface area contributed by atoms with Crippen molar-refractivity contribution in [1.29, 1.82) is 0 Å². The minimum atomic E-state index is -0.195. The Hall–Kier alpha value is -2.19. The second-order valence-electron chi connectivity index (χ2n) is 6.09. The highest BCUT2D eigenvalue weighted by Crippen LogP contribution is 2.23. The summed E-state index contributed by atoms with van der Waals surface area (Å²) in [6, 6.07) is 7.83. The summed E-state index contributed by atoms with van der Waals surface area (Å²) in [6.07, 6.45) is 2.12. The standard InChI is InChI=1S/C17H19N5O2S/c1-11-15(19-14-7-3-2-6-13(14)18-11)10-25-17-21-20-16(23)22(17)9-12-5-4-8-24-12/h2-3,6-7,12H,4-5,8-10H2,1H3,(H,20,23). The Labute approximate surface area is 148 Å². The number of nitrogens with one attached hydrogen (secondary N) is 1. The first-order valence-corrected chi connectivity index (χ1v) is 9.31. The average Bonchev–Trinajstić information content (AvgIpc) is 3.25. The first-order chi connectivity index (χ1) is 12.2. The molecule has 1 saturated heterocycles. The molecular weight excluding hydrogens is 338 g/mol. The van der Waals surface area contributed by atoms with E-state index >= 15 is 0 Å². The molecule has 25 heavy (non-hydrogen) atoms. The van der Waals surface area contributed by atoms with E-state index in [1.54, 1.807) is 4.57 Å². The van der Waals surface area contributed by atoms with E-state index < -0.39 is 0 Å². The first kappa shape index (κ1) is 16.3. The molecule has 0 saturated carbocycles. The van der Waals surface area contributed by atoms with Crippen LogP contribution < -0.4 is 5.69 Å². The fourth-order valence-electron chi connectivity index (χ4n) is 2.96. The Kier molecular flexibility index (Phi) is 4.54. The van der Waals surface area contributed by atoms with Gasteiger partial charge in [-0.1, -0.05) is 23.9 Å². The maximum atomic E-state index is 12.0. The maximum absolute atomic E-state index is 12.0. The summed E-state index contributed by atoms with van der Waals surface area (Å²) in [5, 5.41) is 7.35. The van der Waals surface area contributed by atoms with Gasteiger partial charge in [0.05, 0.1) is 35.1 Å². The molecule has 8 heteroatoms. The molecular formula is C17H19N5O2S. The lowest BCUT2D eigenvalue weighted by Gasteiger charge is -2.11. The van der Waals surface area contributed by atoms with Crippen molar-refractivity contribution in [2.75, 3.05) is 6.61 Å². The van der Waals surface area contributed by atoms with Crippen LogP contribution in [0.1, 0.15) is 24.2 Å². The van der Waals surface area contributed by atoms with Gasteiger partial charge in [0, 0.05) is 12.4 Å². The summed E-state index contributed by atoms with van der Waals surface area (Å²) in [5.74, 6) is 0.611. The van der Waals surface area contributed by atoms with Gasteiger partial charge in [0.1, 0.15) is 0 Å². The predicted octanol–water partition coefficient (Wildman–Crippen LogP) is 2.29. The molecule has 0 spiro atoms. The number of ether oxygens (including phenoxy) is 1. The smallest absolute Gasteiger partial charge is 0.344 e. The Bertz CT molecular complexity index is 946. The number of benzene rings is 1. The fraction of sp³-hybridized carbons (Fsp3) is 0.412. The summed E-state index contributed by atoms with van der Waals surface area (Å²) in [5.41, 5.74) is 3.38. The minimum absolute atomic E-state index is 0.0943. The van der Waals surface area contributed by atoms with Gasteiger partial charge in [-0.3, -0.25) is 4.57 Å². The Morgan fingerprint density at radius 3 is 2.88 bits per heavy atom. The van der Waals surface area contributed by atoms with Crippen molar-refractivity contribution in [3.05, 3.63) is 46.1 Å². The molecule has 0 amide bonds. The normalized spacial score (nSPS) is 17.4. The number of aromatic nitrogens is 5. The Balaban J connectivity index is 1.53. The van der Waals surface area contributed by atoms with Crippen LogP contribution >= 0.6 is 11.8 Å². The molecule has 1 fully saturated rings. The van der Waals surface area contributed by atoms with Crippen LogP contribution in [-0.2, 0) is 17.0 Å². The largest absolute Gasteiger partial charge is 0.376 e. The monoisotopic (exact) mass is 357 g/mol. The van der Waals surface area contributed by atoms with Gasteiger partial charge in [-0.25, -0.2) is 19.9 Å². The first-order valence-electron chi connectivity index (χ1n) is 8.32. The Morgan fingerprint density at radius 2 is 2.12 bits per heavy atom. The van der Waals surface area contributed by atoms with E-state index in [0.29, 0.717) is 17.5 Å². The number of hydrogen-bond acceptors (Lipinski definition) is 6. The molecule has 4 rings (SSSR count). The van der Waals surface area contributed by atoms with Crippen LogP contribution in [0.25, 0.3) is 11.0 Å². The molecule has 1 N–H and O–H groups in total. The lowest BCUT2D eigenvalue weighted by atomic mass is 10.2. The second kappa shape index (κ2) is 6.97. The van der Waals surface area contributed by atoms with Gasteiger partial charge in [-0.05, 0) is 31.9 Å². The van der Waals surface area contributed by atoms with E-state index in [-0.39, 0.29) is 11.8 Å². The van der Waals surface area contributed by atoms with Crippen LogP contribution in [0.15, 0.2) is 34.2 Å². The number of para-hydroxylation sites is 2. The molecule has 1 aliphatic rings. The highest BCUT2D eigenvalue weighted by molar-refractivity contribution is 7.98. The van der Waals surface area contributed by atoms with Crippen LogP contribution in [-0.4, -0.2) is 37.4 Å². The van der Waals surface area contributed by atoms with Crippen LogP contribution in [0, 0.1) is 6.92 Å². The molecule has 3 aromatic rings. The summed E-state index contributed by atoms with van der Waals surface area (Å²) >= 11 is 1.49. The van der Waals surface area contributed by atoms with Crippen molar-refractivity contribution < 1.29 is 4.74 Å². The summed E-state index contributed by atoms with van der Waals surface area (Å²) in [4.78, 5) is 21.3. The van der Waals surface area contributed by atoms with Gasteiger partial charge < -0.3 is 4.74 Å². The molecule has 1 atom stereocenters. The third kappa shape index (κ3) is 3.45. The molecule has 0 bridgehead atoms. The summed E-state index contributed by atoms with van der Waals surface area (Å²) < 4.78 is 7.29. The van der Waals surface area contributed by atoms with Crippen molar-refractivity contribution in [3.8, 4) is 0 Å². The van der Waals surface area contributed by atoms with Crippen molar-refractivity contribution in [2.45, 2.75) is 43.3 Å². The lowest BCUT2D eigenvalue weighted by Crippen LogP contribution is -2.25. The van der Waals surface area contributed by atoms with Crippen LogP contribution in [0.3, 0.4) is 0 Å². The number of hydrogen-bond donors (Lipinski definition) is 1. The van der Waals surface area contributed by atoms with Gasteiger partial charge in [0.15, 0.2) is 5.16 Å². The fourth-order valence-corrected chi connectivity index (χ4v) is 3.92. The van der Waals surface area contributed by atoms with Crippen LogP contribution in [0.4, 0.5) is 0 Å². The van der Waals surface area contributed by atoms with E-state index in [9.17, 15) is 4.79 Å². The molecule has 2 aromatic heterocycles. The molecule has 0 radical (unpaired) electrons. The number of H-pyrrole nitrogens is 1. The third-order valence-corrected chi connectivity index (χ3v) is 5.30. The topological polar surface area (TPSA) is 85.7 Å². The summed E-state index contributed by atoms with van der Waals surface area (Å²) in [7, 11) is 0. The van der Waals surface area contributed by atoms with E-state index in [4.69, 9.17) is 9.72 Å². The van der Waals surface area contributed by atoms with Crippen molar-refractivity contribution >= 4 is 22.8 Å². The number of aryl methyl sites for hydroxylation is 1. The molecule has 0 aliphatic carbocycles. The van der Waals surface area contributed by atoms with Crippen molar-refractivity contribution in [3.63, 3.8) is 0 Å². The average molecular weight is 357 g/mol. The third-order valence-electron chi connectivity index (χ3n) is 4.31. The number of rotatable bonds is 5. The molecule has 1 unspecified atom stereocenters. The van der Waals surface area contributed by atoms with Crippen LogP contribution in [0.5, 0.6) is 0 Å². The number of thioether (sulfide) groups is 1. The minimum Gasteiger partial charge on any atom is -0.376 e.